The summed E-state index contributed by atoms with van der Waals surface area (Å²) in [7, 11) is 0. The Morgan fingerprint density at radius 1 is 1.31 bits per heavy atom. The number of halogens is 2. The van der Waals surface area contributed by atoms with E-state index < -0.39 is 0 Å². The third kappa shape index (κ3) is 2.80. The summed E-state index contributed by atoms with van der Waals surface area (Å²) in [5.41, 5.74) is 1.66. The molecule has 0 saturated heterocycles. The largest absolute Gasteiger partial charge is 0.293 e. The van der Waals surface area contributed by atoms with Crippen LogP contribution in [0.15, 0.2) is 42.7 Å². The van der Waals surface area contributed by atoms with Crippen LogP contribution in [0, 0.1) is 0 Å². The first-order valence-electron chi connectivity index (χ1n) is 4.50. The number of aromatic nitrogens is 2. The minimum absolute atomic E-state index is 0. The van der Waals surface area contributed by atoms with Gasteiger partial charge >= 0.3 is 0 Å². The second-order valence-corrected chi connectivity index (χ2v) is 3.62. The molecule has 0 fully saturated rings. The summed E-state index contributed by atoms with van der Waals surface area (Å²) < 4.78 is 1.75. The highest BCUT2D eigenvalue weighted by molar-refractivity contribution is 9.09. The maximum absolute atomic E-state index is 11.3. The van der Waals surface area contributed by atoms with Crippen LogP contribution in [0.1, 0.15) is 10.4 Å². The van der Waals surface area contributed by atoms with Gasteiger partial charge in [-0.3, -0.25) is 4.79 Å². The Kier molecular flexibility index (Phi) is 4.89. The molecule has 3 nitrogen and oxygen atoms in total. The van der Waals surface area contributed by atoms with Crippen LogP contribution in [0.5, 0.6) is 0 Å². The number of hydrogen-bond acceptors (Lipinski definition) is 2. The third-order valence-electron chi connectivity index (χ3n) is 2.08. The highest BCUT2D eigenvalue weighted by Crippen LogP contribution is 2.09. The molecule has 0 radical (unpaired) electrons. The van der Waals surface area contributed by atoms with Gasteiger partial charge in [-0.25, -0.2) is 4.68 Å². The number of Topliss-reactive ketones (excluding diaryl/α,β-unsaturated/α-hetero) is 1. The molecular formula is C11H10Br2N2O. The number of carbonyl (C=O) groups is 1. The lowest BCUT2D eigenvalue weighted by molar-refractivity contribution is 0.102. The van der Waals surface area contributed by atoms with Gasteiger partial charge < -0.3 is 0 Å². The Hall–Kier alpha value is -0.940. The molecule has 0 spiro atoms. The number of benzene rings is 1. The summed E-state index contributed by atoms with van der Waals surface area (Å²) in [5, 5.41) is 4.46. The third-order valence-corrected chi connectivity index (χ3v) is 2.59. The van der Waals surface area contributed by atoms with E-state index in [1.54, 1.807) is 23.0 Å². The van der Waals surface area contributed by atoms with Crippen molar-refractivity contribution in [2.45, 2.75) is 0 Å². The summed E-state index contributed by atoms with van der Waals surface area (Å²) in [5.74, 6) is 0.0852. The first-order valence-corrected chi connectivity index (χ1v) is 5.62. The number of carbonyl (C=O) groups excluding carboxylic acids is 1. The predicted molar refractivity (Wildman–Crippen MR) is 72.0 cm³/mol. The fourth-order valence-electron chi connectivity index (χ4n) is 1.30. The van der Waals surface area contributed by atoms with Gasteiger partial charge in [0, 0.05) is 18.0 Å². The quantitative estimate of drug-likeness (QED) is 0.633. The first-order chi connectivity index (χ1) is 7.31. The van der Waals surface area contributed by atoms with E-state index in [1.807, 2.05) is 24.4 Å². The lowest BCUT2D eigenvalue weighted by Gasteiger charge is -2.02. The molecule has 1 aromatic heterocycles. The van der Waals surface area contributed by atoms with Crippen LogP contribution >= 0.6 is 32.9 Å². The van der Waals surface area contributed by atoms with Crippen LogP contribution in [0.25, 0.3) is 5.69 Å². The average Bonchev–Trinajstić information content (AvgIpc) is 2.82. The molecule has 16 heavy (non-hydrogen) atoms. The summed E-state index contributed by atoms with van der Waals surface area (Å²) in [6, 6.07) is 9.23. The van der Waals surface area contributed by atoms with Gasteiger partial charge in [0.05, 0.1) is 11.0 Å². The van der Waals surface area contributed by atoms with Gasteiger partial charge in [0.15, 0.2) is 5.78 Å². The lowest BCUT2D eigenvalue weighted by Crippen LogP contribution is -2.00. The topological polar surface area (TPSA) is 34.9 Å². The molecule has 0 aliphatic rings. The molecular weight excluding hydrogens is 336 g/mol. The van der Waals surface area contributed by atoms with Gasteiger partial charge in [0.1, 0.15) is 0 Å². The minimum Gasteiger partial charge on any atom is -0.293 e. The zero-order valence-electron chi connectivity index (χ0n) is 8.34. The Bertz CT molecular complexity index is 451. The van der Waals surface area contributed by atoms with Crippen LogP contribution < -0.4 is 0 Å². The number of rotatable bonds is 3. The zero-order valence-corrected chi connectivity index (χ0v) is 11.6. The summed E-state index contributed by atoms with van der Waals surface area (Å²) in [6.07, 6.45) is 3.58. The number of ketones is 1. The molecule has 0 unspecified atom stereocenters. The van der Waals surface area contributed by atoms with Gasteiger partial charge in [-0.15, -0.1) is 17.0 Å². The Labute approximate surface area is 112 Å². The molecule has 0 amide bonds. The van der Waals surface area contributed by atoms with E-state index in [9.17, 15) is 4.79 Å². The van der Waals surface area contributed by atoms with Crippen LogP contribution in [0.4, 0.5) is 0 Å². The molecule has 0 bridgehead atoms. The SMILES string of the molecule is Br.O=C(CBr)c1ccc(-n2cccn2)cc1. The normalized spacial score (nSPS) is 9.56. The lowest BCUT2D eigenvalue weighted by atomic mass is 10.1. The molecule has 0 atom stereocenters. The number of hydrogen-bond donors (Lipinski definition) is 0. The maximum atomic E-state index is 11.3. The maximum Gasteiger partial charge on any atom is 0.173 e. The predicted octanol–water partition coefficient (Wildman–Crippen LogP) is 3.03. The van der Waals surface area contributed by atoms with E-state index in [1.165, 1.54) is 0 Å². The molecule has 1 aromatic carbocycles. The smallest absolute Gasteiger partial charge is 0.173 e. The molecule has 84 valence electrons. The molecule has 0 saturated carbocycles. The van der Waals surface area contributed by atoms with E-state index in [0.29, 0.717) is 10.9 Å². The van der Waals surface area contributed by atoms with E-state index >= 15 is 0 Å². The summed E-state index contributed by atoms with van der Waals surface area (Å²) >= 11 is 3.14. The fourth-order valence-corrected chi connectivity index (χ4v) is 1.62. The highest BCUT2D eigenvalue weighted by Gasteiger charge is 2.03. The van der Waals surface area contributed by atoms with Gasteiger partial charge in [-0.05, 0) is 30.3 Å². The van der Waals surface area contributed by atoms with Gasteiger partial charge in [-0.2, -0.15) is 5.10 Å². The fraction of sp³-hybridized carbons (Fsp3) is 0.0909. The van der Waals surface area contributed by atoms with Crippen molar-refractivity contribution in [2.75, 3.05) is 5.33 Å². The van der Waals surface area contributed by atoms with Crippen molar-refractivity contribution in [3.63, 3.8) is 0 Å². The number of nitrogens with zero attached hydrogens (tertiary/aromatic N) is 2. The molecule has 0 aliphatic carbocycles. The van der Waals surface area contributed by atoms with Crippen molar-refractivity contribution in [2.24, 2.45) is 0 Å². The van der Waals surface area contributed by atoms with Crippen LogP contribution in [-0.2, 0) is 0 Å². The molecule has 0 N–H and O–H groups in total. The Morgan fingerprint density at radius 2 is 2.00 bits per heavy atom. The molecule has 5 heteroatoms. The standard InChI is InChI=1S/C11H9BrN2O.BrH/c12-8-11(15)9-2-4-10(5-3-9)14-7-1-6-13-14;/h1-7H,8H2;1H. The number of alkyl halides is 1. The van der Waals surface area contributed by atoms with Gasteiger partial charge in [0.25, 0.3) is 0 Å². The Balaban J connectivity index is 0.00000128. The van der Waals surface area contributed by atoms with Crippen molar-refractivity contribution in [3.05, 3.63) is 48.3 Å². The van der Waals surface area contributed by atoms with E-state index in [2.05, 4.69) is 21.0 Å². The van der Waals surface area contributed by atoms with Crippen molar-refractivity contribution in [1.82, 2.24) is 9.78 Å². The Morgan fingerprint density at radius 3 is 2.50 bits per heavy atom. The first kappa shape index (κ1) is 13.1. The molecule has 0 aliphatic heterocycles. The van der Waals surface area contributed by atoms with Gasteiger partial charge in [0.2, 0.25) is 0 Å². The van der Waals surface area contributed by atoms with Gasteiger partial charge in [-0.1, -0.05) is 15.9 Å². The second kappa shape index (κ2) is 5.96. The van der Waals surface area contributed by atoms with Crippen molar-refractivity contribution < 1.29 is 4.79 Å². The second-order valence-electron chi connectivity index (χ2n) is 3.05. The van der Waals surface area contributed by atoms with Crippen LogP contribution in [0.2, 0.25) is 0 Å². The average molecular weight is 346 g/mol. The highest BCUT2D eigenvalue weighted by atomic mass is 79.9. The van der Waals surface area contributed by atoms with Crippen LogP contribution in [-0.4, -0.2) is 20.9 Å². The summed E-state index contributed by atoms with van der Waals surface area (Å²) in [4.78, 5) is 11.3. The monoisotopic (exact) mass is 344 g/mol. The van der Waals surface area contributed by atoms with E-state index in [-0.39, 0.29) is 22.8 Å². The minimum atomic E-state index is 0. The van der Waals surface area contributed by atoms with Crippen molar-refractivity contribution >= 4 is 38.7 Å². The van der Waals surface area contributed by atoms with Crippen molar-refractivity contribution in [3.8, 4) is 5.69 Å². The molecule has 1 heterocycles. The van der Waals surface area contributed by atoms with Crippen LogP contribution in [0.3, 0.4) is 0 Å². The van der Waals surface area contributed by atoms with E-state index in [4.69, 9.17) is 0 Å². The van der Waals surface area contributed by atoms with E-state index in [0.717, 1.165) is 5.69 Å². The van der Waals surface area contributed by atoms with Crippen molar-refractivity contribution in [1.29, 1.82) is 0 Å². The molecule has 2 aromatic rings. The molecule has 2 rings (SSSR count). The zero-order chi connectivity index (χ0) is 10.7. The summed E-state index contributed by atoms with van der Waals surface area (Å²) in [6.45, 7) is 0.